The Labute approximate surface area is 153 Å². The van der Waals surface area contributed by atoms with Crippen LogP contribution < -0.4 is 5.32 Å². The molecule has 5 nitrogen and oxygen atoms in total. The SMILES string of the molecule is Cc1ccc(-c2[nH]ncc2CNCCn2c(C)nc3ccccc32)cc1. The molecule has 0 aliphatic rings. The zero-order valence-electron chi connectivity index (χ0n) is 15.2. The van der Waals surface area contributed by atoms with Gasteiger partial charge in [0.15, 0.2) is 0 Å². The molecule has 0 saturated carbocycles. The van der Waals surface area contributed by atoms with Crippen LogP contribution in [0.5, 0.6) is 0 Å². The highest BCUT2D eigenvalue weighted by Crippen LogP contribution is 2.21. The maximum absolute atomic E-state index is 4.62. The first-order valence-electron chi connectivity index (χ1n) is 8.94. The number of aromatic nitrogens is 4. The molecule has 0 atom stereocenters. The standard InChI is InChI=1S/C21H23N5/c1-15-7-9-17(10-8-15)21-18(14-23-25-21)13-22-11-12-26-16(2)24-19-5-3-4-6-20(19)26/h3-10,14,22H,11-13H2,1-2H3,(H,23,25). The minimum Gasteiger partial charge on any atom is -0.327 e. The number of hydrogen-bond acceptors (Lipinski definition) is 3. The van der Waals surface area contributed by atoms with Gasteiger partial charge in [0, 0.05) is 25.2 Å². The van der Waals surface area contributed by atoms with Crippen molar-refractivity contribution >= 4 is 11.0 Å². The van der Waals surface area contributed by atoms with Crippen molar-refractivity contribution in [3.8, 4) is 11.3 Å². The van der Waals surface area contributed by atoms with Gasteiger partial charge in [0.25, 0.3) is 0 Å². The van der Waals surface area contributed by atoms with E-state index in [-0.39, 0.29) is 0 Å². The highest BCUT2D eigenvalue weighted by atomic mass is 15.1. The van der Waals surface area contributed by atoms with E-state index in [9.17, 15) is 0 Å². The number of H-pyrrole nitrogens is 1. The molecule has 0 radical (unpaired) electrons. The summed E-state index contributed by atoms with van der Waals surface area (Å²) in [6, 6.07) is 16.8. The van der Waals surface area contributed by atoms with Crippen molar-refractivity contribution in [2.75, 3.05) is 6.54 Å². The van der Waals surface area contributed by atoms with Gasteiger partial charge in [-0.3, -0.25) is 5.10 Å². The Hall–Kier alpha value is -2.92. The number of hydrogen-bond donors (Lipinski definition) is 2. The van der Waals surface area contributed by atoms with Crippen LogP contribution in [-0.4, -0.2) is 26.3 Å². The molecular formula is C21H23N5. The van der Waals surface area contributed by atoms with E-state index in [1.807, 2.05) is 12.3 Å². The van der Waals surface area contributed by atoms with Gasteiger partial charge in [0.1, 0.15) is 5.82 Å². The Kier molecular flexibility index (Phi) is 4.54. The number of rotatable bonds is 6. The minimum atomic E-state index is 0.783. The Balaban J connectivity index is 1.41. The van der Waals surface area contributed by atoms with Crippen LogP contribution in [0.3, 0.4) is 0 Å². The van der Waals surface area contributed by atoms with Crippen molar-refractivity contribution < 1.29 is 0 Å². The highest BCUT2D eigenvalue weighted by Gasteiger charge is 2.08. The molecule has 5 heteroatoms. The lowest BCUT2D eigenvalue weighted by Gasteiger charge is -2.09. The highest BCUT2D eigenvalue weighted by molar-refractivity contribution is 5.75. The molecule has 132 valence electrons. The third kappa shape index (κ3) is 3.26. The van der Waals surface area contributed by atoms with Gasteiger partial charge in [0.05, 0.1) is 22.9 Å². The summed E-state index contributed by atoms with van der Waals surface area (Å²) in [5.41, 5.74) is 6.94. The first kappa shape index (κ1) is 16.5. The first-order valence-corrected chi connectivity index (χ1v) is 8.94. The van der Waals surface area contributed by atoms with Gasteiger partial charge in [-0.25, -0.2) is 4.98 Å². The van der Waals surface area contributed by atoms with Gasteiger partial charge in [0.2, 0.25) is 0 Å². The van der Waals surface area contributed by atoms with Gasteiger partial charge < -0.3 is 9.88 Å². The van der Waals surface area contributed by atoms with Gasteiger partial charge in [-0.15, -0.1) is 0 Å². The second-order valence-electron chi connectivity index (χ2n) is 6.61. The number of benzene rings is 2. The van der Waals surface area contributed by atoms with Crippen LogP contribution in [-0.2, 0) is 13.1 Å². The van der Waals surface area contributed by atoms with E-state index in [1.54, 1.807) is 0 Å². The van der Waals surface area contributed by atoms with E-state index in [4.69, 9.17) is 0 Å². The predicted octanol–water partition coefficient (Wildman–Crippen LogP) is 3.83. The largest absolute Gasteiger partial charge is 0.327 e. The van der Waals surface area contributed by atoms with Crippen molar-refractivity contribution in [2.45, 2.75) is 26.9 Å². The number of fused-ring (bicyclic) bond motifs is 1. The molecular weight excluding hydrogens is 322 g/mol. The molecule has 2 heterocycles. The van der Waals surface area contributed by atoms with E-state index in [2.05, 4.69) is 81.4 Å². The zero-order chi connectivity index (χ0) is 17.9. The fraction of sp³-hybridized carbons (Fsp3) is 0.238. The van der Waals surface area contributed by atoms with Crippen molar-refractivity contribution in [3.05, 3.63) is 71.7 Å². The third-order valence-electron chi connectivity index (χ3n) is 4.73. The third-order valence-corrected chi connectivity index (χ3v) is 4.73. The maximum atomic E-state index is 4.62. The van der Waals surface area contributed by atoms with Crippen LogP contribution in [0.25, 0.3) is 22.3 Å². The fourth-order valence-corrected chi connectivity index (χ4v) is 3.31. The average Bonchev–Trinajstić information content (AvgIpc) is 3.23. The molecule has 2 aromatic heterocycles. The number of para-hydroxylation sites is 2. The van der Waals surface area contributed by atoms with E-state index >= 15 is 0 Å². The molecule has 0 aliphatic carbocycles. The van der Waals surface area contributed by atoms with Crippen molar-refractivity contribution in [2.24, 2.45) is 0 Å². The predicted molar refractivity (Wildman–Crippen MR) is 105 cm³/mol. The number of nitrogens with zero attached hydrogens (tertiary/aromatic N) is 3. The van der Waals surface area contributed by atoms with Crippen molar-refractivity contribution in [1.82, 2.24) is 25.1 Å². The van der Waals surface area contributed by atoms with Gasteiger partial charge >= 0.3 is 0 Å². The molecule has 4 rings (SSSR count). The first-order chi connectivity index (χ1) is 12.7. The lowest BCUT2D eigenvalue weighted by molar-refractivity contribution is 0.598. The summed E-state index contributed by atoms with van der Waals surface area (Å²) in [4.78, 5) is 4.62. The average molecular weight is 345 g/mol. The molecule has 2 N–H and O–H groups in total. The van der Waals surface area contributed by atoms with E-state index in [1.165, 1.54) is 22.2 Å². The molecule has 26 heavy (non-hydrogen) atoms. The maximum Gasteiger partial charge on any atom is 0.106 e. The Morgan fingerprint density at radius 3 is 2.69 bits per heavy atom. The number of nitrogens with one attached hydrogen (secondary N) is 2. The van der Waals surface area contributed by atoms with Crippen LogP contribution in [0.2, 0.25) is 0 Å². The normalized spacial score (nSPS) is 11.3. The number of aromatic amines is 1. The van der Waals surface area contributed by atoms with Crippen LogP contribution in [0.1, 0.15) is 17.0 Å². The van der Waals surface area contributed by atoms with E-state index in [0.29, 0.717) is 0 Å². The van der Waals surface area contributed by atoms with Crippen molar-refractivity contribution in [1.29, 1.82) is 0 Å². The molecule has 0 fully saturated rings. The smallest absolute Gasteiger partial charge is 0.106 e. The molecule has 4 aromatic rings. The molecule has 0 saturated heterocycles. The van der Waals surface area contributed by atoms with Gasteiger partial charge in [-0.1, -0.05) is 42.0 Å². The van der Waals surface area contributed by atoms with Crippen LogP contribution >= 0.6 is 0 Å². The quantitative estimate of drug-likeness (QED) is 0.522. The molecule has 0 bridgehead atoms. The zero-order valence-corrected chi connectivity index (χ0v) is 15.2. The van der Waals surface area contributed by atoms with Gasteiger partial charge in [-0.05, 0) is 31.5 Å². The van der Waals surface area contributed by atoms with E-state index < -0.39 is 0 Å². The van der Waals surface area contributed by atoms with Crippen LogP contribution in [0.4, 0.5) is 0 Å². The summed E-state index contributed by atoms with van der Waals surface area (Å²) in [7, 11) is 0. The van der Waals surface area contributed by atoms with Crippen LogP contribution in [0, 0.1) is 13.8 Å². The molecule has 0 aliphatic heterocycles. The minimum absolute atomic E-state index is 0.783. The van der Waals surface area contributed by atoms with Gasteiger partial charge in [-0.2, -0.15) is 5.10 Å². The van der Waals surface area contributed by atoms with Crippen molar-refractivity contribution in [3.63, 3.8) is 0 Å². The molecule has 0 unspecified atom stereocenters. The Morgan fingerprint density at radius 1 is 1.04 bits per heavy atom. The summed E-state index contributed by atoms with van der Waals surface area (Å²) < 4.78 is 2.26. The van der Waals surface area contributed by atoms with E-state index in [0.717, 1.165) is 36.7 Å². The monoisotopic (exact) mass is 345 g/mol. The molecule has 2 aromatic carbocycles. The number of aryl methyl sites for hydroxylation is 2. The lowest BCUT2D eigenvalue weighted by atomic mass is 10.1. The summed E-state index contributed by atoms with van der Waals surface area (Å²) >= 11 is 0. The second-order valence-corrected chi connectivity index (χ2v) is 6.61. The fourth-order valence-electron chi connectivity index (χ4n) is 3.31. The summed E-state index contributed by atoms with van der Waals surface area (Å²) in [6.07, 6.45) is 1.90. The Bertz CT molecular complexity index is 1010. The summed E-state index contributed by atoms with van der Waals surface area (Å²) in [5.74, 6) is 1.05. The topological polar surface area (TPSA) is 58.5 Å². The summed E-state index contributed by atoms with van der Waals surface area (Å²) in [6.45, 7) is 6.71. The molecule has 0 amide bonds. The molecule has 0 spiro atoms. The summed E-state index contributed by atoms with van der Waals surface area (Å²) in [5, 5.41) is 10.9. The lowest BCUT2D eigenvalue weighted by Crippen LogP contribution is -2.20. The second kappa shape index (κ2) is 7.14. The Morgan fingerprint density at radius 2 is 1.85 bits per heavy atom. The van der Waals surface area contributed by atoms with Crippen LogP contribution in [0.15, 0.2) is 54.7 Å². The number of imidazole rings is 1.